The fourth-order valence-electron chi connectivity index (χ4n) is 3.46. The van der Waals surface area contributed by atoms with Crippen molar-refractivity contribution in [3.63, 3.8) is 0 Å². The zero-order valence-electron chi connectivity index (χ0n) is 11.5. The van der Waals surface area contributed by atoms with Gasteiger partial charge in [0, 0.05) is 13.1 Å². The highest BCUT2D eigenvalue weighted by Gasteiger charge is 2.31. The van der Waals surface area contributed by atoms with Crippen LogP contribution in [0.5, 0.6) is 0 Å². The minimum Gasteiger partial charge on any atom is -0.301 e. The Labute approximate surface area is 105 Å². The Morgan fingerprint density at radius 2 is 1.88 bits per heavy atom. The van der Waals surface area contributed by atoms with Crippen LogP contribution >= 0.6 is 0 Å². The van der Waals surface area contributed by atoms with Crippen molar-refractivity contribution in [2.24, 2.45) is 0 Å². The van der Waals surface area contributed by atoms with Gasteiger partial charge in [-0.2, -0.15) is 0 Å². The molecule has 1 heteroatoms. The predicted octanol–water partition coefficient (Wildman–Crippen LogP) is 3.46. The Morgan fingerprint density at radius 3 is 2.59 bits per heavy atom. The molecule has 92 valence electrons. The SMILES string of the molecule is CN1Cc2cc(C(C)(C)C)cc3c2[C@@H](CC3)C1. The van der Waals surface area contributed by atoms with E-state index in [-0.39, 0.29) is 5.41 Å². The number of nitrogens with zero attached hydrogens (tertiary/aromatic N) is 1. The smallest absolute Gasteiger partial charge is 0.0233 e. The number of aryl methyl sites for hydroxylation is 1. The fraction of sp³-hybridized carbons (Fsp3) is 0.625. The quantitative estimate of drug-likeness (QED) is 0.658. The molecule has 0 radical (unpaired) electrons. The molecule has 1 aliphatic carbocycles. The molecule has 0 bridgehead atoms. The standard InChI is InChI=1S/C16H23N/c1-16(2,3)14-7-11-5-6-12-9-17(4)10-13(8-14)15(11)12/h7-8,12H,5-6,9-10H2,1-4H3/t12-/m0/s1. The molecule has 1 aromatic rings. The van der Waals surface area contributed by atoms with E-state index < -0.39 is 0 Å². The van der Waals surface area contributed by atoms with Crippen LogP contribution in [-0.4, -0.2) is 18.5 Å². The summed E-state index contributed by atoms with van der Waals surface area (Å²) in [6.45, 7) is 9.36. The van der Waals surface area contributed by atoms with E-state index in [1.54, 1.807) is 16.7 Å². The summed E-state index contributed by atoms with van der Waals surface area (Å²) in [6, 6.07) is 4.94. The molecule has 17 heavy (non-hydrogen) atoms. The van der Waals surface area contributed by atoms with E-state index in [4.69, 9.17) is 0 Å². The molecule has 1 aliphatic heterocycles. The molecule has 0 amide bonds. The average molecular weight is 229 g/mol. The zero-order valence-corrected chi connectivity index (χ0v) is 11.5. The highest BCUT2D eigenvalue weighted by Crippen LogP contribution is 2.41. The van der Waals surface area contributed by atoms with Gasteiger partial charge in [0.2, 0.25) is 0 Å². The number of benzene rings is 1. The largest absolute Gasteiger partial charge is 0.301 e. The summed E-state index contributed by atoms with van der Waals surface area (Å²) >= 11 is 0. The Morgan fingerprint density at radius 1 is 1.18 bits per heavy atom. The molecule has 1 nitrogen and oxygen atoms in total. The maximum atomic E-state index is 2.48. The lowest BCUT2D eigenvalue weighted by molar-refractivity contribution is 0.282. The van der Waals surface area contributed by atoms with E-state index in [0.29, 0.717) is 0 Å². The van der Waals surface area contributed by atoms with Gasteiger partial charge in [0.25, 0.3) is 0 Å². The minimum atomic E-state index is 0.277. The van der Waals surface area contributed by atoms with Gasteiger partial charge in [-0.25, -0.2) is 0 Å². The summed E-state index contributed by atoms with van der Waals surface area (Å²) in [7, 11) is 2.25. The molecule has 1 aromatic carbocycles. The van der Waals surface area contributed by atoms with Gasteiger partial charge in [0.1, 0.15) is 0 Å². The number of rotatable bonds is 0. The summed E-state index contributed by atoms with van der Waals surface area (Å²) in [6.07, 6.45) is 2.66. The van der Waals surface area contributed by atoms with E-state index >= 15 is 0 Å². The van der Waals surface area contributed by atoms with E-state index in [0.717, 1.165) is 12.5 Å². The Balaban J connectivity index is 2.14. The molecular weight excluding hydrogens is 206 g/mol. The van der Waals surface area contributed by atoms with Crippen LogP contribution in [0.3, 0.4) is 0 Å². The van der Waals surface area contributed by atoms with Gasteiger partial charge in [0.15, 0.2) is 0 Å². The maximum absolute atomic E-state index is 2.48. The summed E-state index contributed by atoms with van der Waals surface area (Å²) in [4.78, 5) is 2.48. The van der Waals surface area contributed by atoms with Gasteiger partial charge in [-0.1, -0.05) is 32.9 Å². The second-order valence-electron chi connectivity index (χ2n) is 6.89. The third-order valence-corrected chi connectivity index (χ3v) is 4.36. The first-order valence-electron chi connectivity index (χ1n) is 6.80. The predicted molar refractivity (Wildman–Crippen MR) is 72.5 cm³/mol. The van der Waals surface area contributed by atoms with Gasteiger partial charge in [-0.05, 0) is 53.5 Å². The third kappa shape index (κ3) is 1.81. The average Bonchev–Trinajstić information content (AvgIpc) is 2.60. The monoisotopic (exact) mass is 229 g/mol. The molecule has 0 unspecified atom stereocenters. The van der Waals surface area contributed by atoms with Gasteiger partial charge < -0.3 is 4.90 Å². The molecule has 1 heterocycles. The summed E-state index contributed by atoms with van der Waals surface area (Å²) in [5, 5.41) is 0. The highest BCUT2D eigenvalue weighted by molar-refractivity contribution is 5.47. The lowest BCUT2D eigenvalue weighted by atomic mass is 9.82. The van der Waals surface area contributed by atoms with Crippen LogP contribution in [0.15, 0.2) is 12.1 Å². The van der Waals surface area contributed by atoms with Crippen molar-refractivity contribution in [3.05, 3.63) is 34.4 Å². The van der Waals surface area contributed by atoms with Crippen molar-refractivity contribution in [1.29, 1.82) is 0 Å². The van der Waals surface area contributed by atoms with Crippen LogP contribution in [0.4, 0.5) is 0 Å². The molecule has 0 aromatic heterocycles. The summed E-state index contributed by atoms with van der Waals surface area (Å²) in [5.41, 5.74) is 6.74. The summed E-state index contributed by atoms with van der Waals surface area (Å²) in [5.74, 6) is 0.813. The van der Waals surface area contributed by atoms with Crippen LogP contribution in [0.2, 0.25) is 0 Å². The molecule has 0 spiro atoms. The van der Waals surface area contributed by atoms with Crippen molar-refractivity contribution < 1.29 is 0 Å². The molecule has 0 saturated carbocycles. The van der Waals surface area contributed by atoms with Crippen molar-refractivity contribution >= 4 is 0 Å². The first-order chi connectivity index (χ1) is 7.95. The molecular formula is C16H23N. The van der Waals surface area contributed by atoms with Gasteiger partial charge in [-0.3, -0.25) is 0 Å². The Bertz CT molecular complexity index is 453. The Hall–Kier alpha value is -0.820. The van der Waals surface area contributed by atoms with Crippen molar-refractivity contribution in [3.8, 4) is 0 Å². The molecule has 0 N–H and O–H groups in total. The zero-order chi connectivity index (χ0) is 12.2. The van der Waals surface area contributed by atoms with Crippen molar-refractivity contribution in [2.75, 3.05) is 13.6 Å². The minimum absolute atomic E-state index is 0.277. The van der Waals surface area contributed by atoms with Crippen LogP contribution in [0.25, 0.3) is 0 Å². The normalized spacial score (nSPS) is 23.9. The van der Waals surface area contributed by atoms with Gasteiger partial charge in [0.05, 0.1) is 0 Å². The van der Waals surface area contributed by atoms with E-state index in [9.17, 15) is 0 Å². The van der Waals surface area contributed by atoms with Crippen LogP contribution < -0.4 is 0 Å². The first kappa shape index (κ1) is 11.3. The van der Waals surface area contributed by atoms with Crippen molar-refractivity contribution in [1.82, 2.24) is 4.90 Å². The second-order valence-corrected chi connectivity index (χ2v) is 6.89. The lowest BCUT2D eigenvalue weighted by Gasteiger charge is -2.31. The van der Waals surface area contributed by atoms with Gasteiger partial charge >= 0.3 is 0 Å². The van der Waals surface area contributed by atoms with Crippen LogP contribution in [0.1, 0.15) is 55.4 Å². The topological polar surface area (TPSA) is 3.24 Å². The molecule has 3 rings (SSSR count). The van der Waals surface area contributed by atoms with Crippen LogP contribution in [-0.2, 0) is 18.4 Å². The number of likely N-dealkylation sites (N-methyl/N-ethyl adjacent to an activating group) is 1. The van der Waals surface area contributed by atoms with Crippen molar-refractivity contribution in [2.45, 2.75) is 51.5 Å². The summed E-state index contributed by atoms with van der Waals surface area (Å²) < 4.78 is 0. The maximum Gasteiger partial charge on any atom is 0.0233 e. The number of hydrogen-bond acceptors (Lipinski definition) is 1. The fourth-order valence-corrected chi connectivity index (χ4v) is 3.46. The molecule has 0 fully saturated rings. The van der Waals surface area contributed by atoms with Crippen LogP contribution in [0, 0.1) is 0 Å². The second kappa shape index (κ2) is 3.58. The third-order valence-electron chi connectivity index (χ3n) is 4.36. The van der Waals surface area contributed by atoms with E-state index in [2.05, 4.69) is 44.9 Å². The Kier molecular flexibility index (Phi) is 2.38. The molecule has 2 aliphatic rings. The first-order valence-corrected chi connectivity index (χ1v) is 6.80. The number of hydrogen-bond donors (Lipinski definition) is 0. The van der Waals surface area contributed by atoms with E-state index in [1.165, 1.54) is 24.9 Å². The van der Waals surface area contributed by atoms with E-state index in [1.807, 2.05) is 0 Å². The molecule has 1 atom stereocenters. The van der Waals surface area contributed by atoms with Gasteiger partial charge in [-0.15, -0.1) is 0 Å². The molecule has 0 saturated heterocycles. The highest BCUT2D eigenvalue weighted by atomic mass is 15.1. The lowest BCUT2D eigenvalue weighted by Crippen LogP contribution is -2.29.